The van der Waals surface area contributed by atoms with Crippen molar-refractivity contribution in [3.05, 3.63) is 29.8 Å². The van der Waals surface area contributed by atoms with Crippen molar-refractivity contribution in [3.8, 4) is 0 Å². The molecule has 2 fully saturated rings. The fourth-order valence-electron chi connectivity index (χ4n) is 2.75. The summed E-state index contributed by atoms with van der Waals surface area (Å²) in [5.74, 6) is 0.305. The average Bonchev–Trinajstić information content (AvgIpc) is 3.38. The molecule has 6 nitrogen and oxygen atoms in total. The molecule has 1 heterocycles. The standard InChI is InChI=1S/C16H20N2O4S/c1-23(21,22)14-6-4-13(5-7-14)16(20)18-10-8-17(9-11-18)15(19)12-2-3-12/h4-7,12H,2-3,8-11H2,1H3. The molecule has 0 bridgehead atoms. The van der Waals surface area contributed by atoms with Gasteiger partial charge in [-0.1, -0.05) is 0 Å². The van der Waals surface area contributed by atoms with Gasteiger partial charge >= 0.3 is 0 Å². The number of nitrogens with zero attached hydrogens (tertiary/aromatic N) is 2. The predicted molar refractivity (Wildman–Crippen MR) is 84.8 cm³/mol. The molecule has 0 spiro atoms. The summed E-state index contributed by atoms with van der Waals surface area (Å²) in [4.78, 5) is 28.2. The Morgan fingerprint density at radius 1 is 0.957 bits per heavy atom. The Morgan fingerprint density at radius 2 is 1.48 bits per heavy atom. The van der Waals surface area contributed by atoms with Crippen molar-refractivity contribution in [1.29, 1.82) is 0 Å². The molecule has 2 aliphatic rings. The summed E-state index contributed by atoms with van der Waals surface area (Å²) >= 11 is 0. The second-order valence-corrected chi connectivity index (χ2v) is 8.20. The van der Waals surface area contributed by atoms with Gasteiger partial charge in [0.15, 0.2) is 9.84 Å². The Morgan fingerprint density at radius 3 is 1.96 bits per heavy atom. The van der Waals surface area contributed by atoms with Crippen LogP contribution >= 0.6 is 0 Å². The number of carbonyl (C=O) groups excluding carboxylic acids is 2. The van der Waals surface area contributed by atoms with E-state index >= 15 is 0 Å². The third kappa shape index (κ3) is 3.55. The highest BCUT2D eigenvalue weighted by Gasteiger charge is 2.35. The van der Waals surface area contributed by atoms with Crippen molar-refractivity contribution in [2.45, 2.75) is 17.7 Å². The van der Waals surface area contributed by atoms with Crippen LogP contribution in [0.25, 0.3) is 0 Å². The topological polar surface area (TPSA) is 74.8 Å². The van der Waals surface area contributed by atoms with Crippen LogP contribution in [0, 0.1) is 5.92 Å². The largest absolute Gasteiger partial charge is 0.339 e. The van der Waals surface area contributed by atoms with Crippen LogP contribution in [0.1, 0.15) is 23.2 Å². The zero-order chi connectivity index (χ0) is 16.6. The van der Waals surface area contributed by atoms with Gasteiger partial charge in [0.05, 0.1) is 4.90 Å². The highest BCUT2D eigenvalue weighted by molar-refractivity contribution is 7.90. The normalized spacial score (nSPS) is 18.8. The van der Waals surface area contributed by atoms with Gasteiger partial charge in [0.25, 0.3) is 5.91 Å². The highest BCUT2D eigenvalue weighted by atomic mass is 32.2. The highest BCUT2D eigenvalue weighted by Crippen LogP contribution is 2.31. The maximum absolute atomic E-state index is 12.5. The Kier molecular flexibility index (Phi) is 4.14. The third-order valence-electron chi connectivity index (χ3n) is 4.33. The number of sulfone groups is 1. The zero-order valence-electron chi connectivity index (χ0n) is 13.1. The number of carbonyl (C=O) groups is 2. The van der Waals surface area contributed by atoms with Crippen LogP contribution in [-0.4, -0.2) is 62.5 Å². The lowest BCUT2D eigenvalue weighted by Gasteiger charge is -2.35. The van der Waals surface area contributed by atoms with Crippen molar-refractivity contribution in [2.24, 2.45) is 5.92 Å². The molecule has 0 radical (unpaired) electrons. The molecule has 0 atom stereocenters. The molecular formula is C16H20N2O4S. The SMILES string of the molecule is CS(=O)(=O)c1ccc(C(=O)N2CCN(C(=O)C3CC3)CC2)cc1. The molecule has 0 aromatic heterocycles. The molecule has 124 valence electrons. The zero-order valence-corrected chi connectivity index (χ0v) is 13.9. The van der Waals surface area contributed by atoms with E-state index in [-0.39, 0.29) is 22.6 Å². The van der Waals surface area contributed by atoms with Crippen LogP contribution in [0.2, 0.25) is 0 Å². The average molecular weight is 336 g/mol. The van der Waals surface area contributed by atoms with E-state index in [0.717, 1.165) is 19.1 Å². The van der Waals surface area contributed by atoms with Gasteiger partial charge in [0.2, 0.25) is 5.91 Å². The number of rotatable bonds is 3. The Bertz CT molecular complexity index is 715. The van der Waals surface area contributed by atoms with Crippen molar-refractivity contribution in [3.63, 3.8) is 0 Å². The lowest BCUT2D eigenvalue weighted by Crippen LogP contribution is -2.51. The first kappa shape index (κ1) is 16.0. The summed E-state index contributed by atoms with van der Waals surface area (Å²) in [5, 5.41) is 0. The van der Waals surface area contributed by atoms with E-state index < -0.39 is 9.84 Å². The smallest absolute Gasteiger partial charge is 0.253 e. The van der Waals surface area contributed by atoms with Crippen molar-refractivity contribution in [1.82, 2.24) is 9.80 Å². The molecule has 3 rings (SSSR count). The van der Waals surface area contributed by atoms with Crippen LogP contribution in [0.3, 0.4) is 0 Å². The van der Waals surface area contributed by atoms with Gasteiger partial charge in [-0.2, -0.15) is 0 Å². The Hall–Kier alpha value is -1.89. The van der Waals surface area contributed by atoms with E-state index in [1.165, 1.54) is 12.1 Å². The van der Waals surface area contributed by atoms with Gasteiger partial charge in [-0.3, -0.25) is 9.59 Å². The van der Waals surface area contributed by atoms with E-state index in [1.807, 2.05) is 4.90 Å². The molecule has 1 aliphatic heterocycles. The van der Waals surface area contributed by atoms with Crippen molar-refractivity contribution in [2.75, 3.05) is 32.4 Å². The molecule has 2 amide bonds. The van der Waals surface area contributed by atoms with Crippen LogP contribution in [-0.2, 0) is 14.6 Å². The van der Waals surface area contributed by atoms with Crippen LogP contribution in [0.4, 0.5) is 0 Å². The van der Waals surface area contributed by atoms with Gasteiger partial charge in [0.1, 0.15) is 0 Å². The number of hydrogen-bond acceptors (Lipinski definition) is 4. The van der Waals surface area contributed by atoms with E-state index in [2.05, 4.69) is 0 Å². The quantitative estimate of drug-likeness (QED) is 0.818. The van der Waals surface area contributed by atoms with E-state index in [1.54, 1.807) is 17.0 Å². The van der Waals surface area contributed by atoms with Gasteiger partial charge in [-0.05, 0) is 37.1 Å². The maximum Gasteiger partial charge on any atom is 0.253 e. The van der Waals surface area contributed by atoms with Gasteiger partial charge < -0.3 is 9.80 Å². The van der Waals surface area contributed by atoms with E-state index in [0.29, 0.717) is 31.7 Å². The summed E-state index contributed by atoms with van der Waals surface area (Å²) in [7, 11) is -3.26. The predicted octanol–water partition coefficient (Wildman–Crippen LogP) is 0.784. The van der Waals surface area contributed by atoms with Crippen LogP contribution < -0.4 is 0 Å². The first-order chi connectivity index (χ1) is 10.9. The fourth-order valence-corrected chi connectivity index (χ4v) is 3.38. The number of hydrogen-bond donors (Lipinski definition) is 0. The molecule has 1 aromatic carbocycles. The number of benzene rings is 1. The summed E-state index contributed by atoms with van der Waals surface area (Å²) in [6.45, 7) is 2.18. The molecule has 1 aliphatic carbocycles. The second-order valence-electron chi connectivity index (χ2n) is 6.19. The molecule has 1 aromatic rings. The minimum atomic E-state index is -3.26. The van der Waals surface area contributed by atoms with E-state index in [4.69, 9.17) is 0 Å². The minimum Gasteiger partial charge on any atom is -0.339 e. The van der Waals surface area contributed by atoms with Gasteiger partial charge in [-0.15, -0.1) is 0 Å². The molecule has 7 heteroatoms. The monoisotopic (exact) mass is 336 g/mol. The molecule has 23 heavy (non-hydrogen) atoms. The fraction of sp³-hybridized carbons (Fsp3) is 0.500. The van der Waals surface area contributed by atoms with Gasteiger partial charge in [-0.25, -0.2) is 8.42 Å². The minimum absolute atomic E-state index is 0.122. The molecule has 0 unspecified atom stereocenters. The molecule has 1 saturated heterocycles. The second kappa shape index (κ2) is 5.96. The summed E-state index contributed by atoms with van der Waals surface area (Å²) < 4.78 is 22.9. The van der Waals surface area contributed by atoms with Gasteiger partial charge in [0, 0.05) is 43.9 Å². The maximum atomic E-state index is 12.5. The Labute approximate surface area is 136 Å². The summed E-state index contributed by atoms with van der Waals surface area (Å²) in [6, 6.07) is 5.99. The third-order valence-corrected chi connectivity index (χ3v) is 5.46. The van der Waals surface area contributed by atoms with Crippen LogP contribution in [0.15, 0.2) is 29.2 Å². The Balaban J connectivity index is 1.62. The lowest BCUT2D eigenvalue weighted by atomic mass is 10.1. The molecule has 0 N–H and O–H groups in total. The van der Waals surface area contributed by atoms with E-state index in [9.17, 15) is 18.0 Å². The lowest BCUT2D eigenvalue weighted by molar-refractivity contribution is -0.134. The van der Waals surface area contributed by atoms with Crippen LogP contribution in [0.5, 0.6) is 0 Å². The number of amides is 2. The first-order valence-electron chi connectivity index (χ1n) is 7.74. The number of piperazine rings is 1. The van der Waals surface area contributed by atoms with Crippen molar-refractivity contribution >= 4 is 21.7 Å². The van der Waals surface area contributed by atoms with Crippen molar-refractivity contribution < 1.29 is 18.0 Å². The summed E-state index contributed by atoms with van der Waals surface area (Å²) in [6.07, 6.45) is 3.12. The summed E-state index contributed by atoms with van der Waals surface area (Å²) in [5.41, 5.74) is 0.472. The first-order valence-corrected chi connectivity index (χ1v) is 9.63. The molecular weight excluding hydrogens is 316 g/mol. The molecule has 1 saturated carbocycles.